The molecule has 32 heavy (non-hydrogen) atoms. The van der Waals surface area contributed by atoms with Crippen LogP contribution in [0.15, 0.2) is 68.5 Å². The highest BCUT2D eigenvalue weighted by atomic mass is 35.5. The summed E-state index contributed by atoms with van der Waals surface area (Å²) in [5, 5.41) is 1.23. The van der Waals surface area contributed by atoms with Gasteiger partial charge in [-0.25, -0.2) is 9.98 Å². The number of aliphatic imine (C=N–C) groups is 4. The Bertz CT molecular complexity index is 952. The van der Waals surface area contributed by atoms with E-state index in [9.17, 15) is 0 Å². The minimum atomic E-state index is 0.0551. The molecule has 2 aromatic carbocycles. The Hall–Kier alpha value is -3.50. The van der Waals surface area contributed by atoms with Crippen LogP contribution in [0.5, 0.6) is 0 Å². The molecule has 0 radical (unpaired) electrons. The average molecular weight is 475 g/mol. The molecule has 1 aliphatic heterocycles. The van der Waals surface area contributed by atoms with Crippen LogP contribution in [0.25, 0.3) is 0 Å². The Balaban J connectivity index is 1.57. The molecule has 0 atom stereocenters. The van der Waals surface area contributed by atoms with Gasteiger partial charge in [-0.15, -0.1) is 0 Å². The molecule has 0 aromatic heterocycles. The standard InChI is InChI=1S/C20H24Cl2N10/c21-13-1-5-15(6-2-13)27-17(23)29-19(25)31-9-11-32(12-10-31)20(26)30-18(24)28-16-7-3-14(22)4-8-16/h1-8H,9-12H2,(H4,23,25,27,29)(H4,24,26,28,30). The summed E-state index contributed by atoms with van der Waals surface area (Å²) in [7, 11) is 0. The monoisotopic (exact) mass is 474 g/mol. The van der Waals surface area contributed by atoms with Crippen LogP contribution < -0.4 is 22.9 Å². The first kappa shape index (κ1) is 23.2. The molecular formula is C20H24Cl2N10. The maximum Gasteiger partial charge on any atom is 0.223 e. The van der Waals surface area contributed by atoms with E-state index in [0.717, 1.165) is 0 Å². The summed E-state index contributed by atoms with van der Waals surface area (Å²) in [4.78, 5) is 20.5. The lowest BCUT2D eigenvalue weighted by atomic mass is 10.3. The molecule has 1 fully saturated rings. The van der Waals surface area contributed by atoms with Crippen LogP contribution in [0.4, 0.5) is 11.4 Å². The largest absolute Gasteiger partial charge is 0.369 e. The van der Waals surface area contributed by atoms with Gasteiger partial charge >= 0.3 is 0 Å². The van der Waals surface area contributed by atoms with E-state index in [-0.39, 0.29) is 23.8 Å². The molecule has 0 bridgehead atoms. The number of nitrogens with zero attached hydrogens (tertiary/aromatic N) is 6. The first-order chi connectivity index (χ1) is 15.3. The number of nitrogens with two attached hydrogens (primary N) is 4. The minimum absolute atomic E-state index is 0.0551. The predicted molar refractivity (Wildman–Crippen MR) is 132 cm³/mol. The van der Waals surface area contributed by atoms with Gasteiger partial charge in [0.25, 0.3) is 0 Å². The molecule has 168 valence electrons. The van der Waals surface area contributed by atoms with Crippen molar-refractivity contribution in [2.24, 2.45) is 42.9 Å². The lowest BCUT2D eigenvalue weighted by Gasteiger charge is -2.35. The molecule has 0 unspecified atom stereocenters. The van der Waals surface area contributed by atoms with E-state index in [2.05, 4.69) is 20.0 Å². The molecule has 12 heteroatoms. The van der Waals surface area contributed by atoms with Crippen molar-refractivity contribution in [2.45, 2.75) is 0 Å². The van der Waals surface area contributed by atoms with Gasteiger partial charge in [-0.1, -0.05) is 23.2 Å². The summed E-state index contributed by atoms with van der Waals surface area (Å²) in [5.74, 6) is 0.664. The number of hydrogen-bond donors (Lipinski definition) is 4. The molecule has 1 aliphatic rings. The Labute approximate surface area is 195 Å². The molecule has 1 heterocycles. The second-order valence-corrected chi connectivity index (χ2v) is 7.68. The van der Waals surface area contributed by atoms with Crippen molar-refractivity contribution in [3.63, 3.8) is 0 Å². The van der Waals surface area contributed by atoms with E-state index >= 15 is 0 Å². The molecule has 0 spiro atoms. The fourth-order valence-corrected chi connectivity index (χ4v) is 3.14. The van der Waals surface area contributed by atoms with Gasteiger partial charge in [-0.3, -0.25) is 0 Å². The number of benzene rings is 2. The van der Waals surface area contributed by atoms with Crippen molar-refractivity contribution in [3.8, 4) is 0 Å². The van der Waals surface area contributed by atoms with Crippen molar-refractivity contribution in [2.75, 3.05) is 26.2 Å². The van der Waals surface area contributed by atoms with Gasteiger partial charge < -0.3 is 32.7 Å². The lowest BCUT2D eigenvalue weighted by Crippen LogP contribution is -2.54. The molecule has 0 saturated carbocycles. The number of halogens is 2. The number of hydrogen-bond acceptors (Lipinski definition) is 2. The van der Waals surface area contributed by atoms with Crippen LogP contribution in [0, 0.1) is 0 Å². The van der Waals surface area contributed by atoms with E-state index in [4.69, 9.17) is 46.1 Å². The van der Waals surface area contributed by atoms with Crippen molar-refractivity contribution in [1.82, 2.24) is 9.80 Å². The molecule has 2 aromatic rings. The normalized spacial score (nSPS) is 16.4. The Morgan fingerprint density at radius 3 is 1.22 bits per heavy atom. The number of rotatable bonds is 2. The zero-order valence-corrected chi connectivity index (χ0v) is 18.7. The van der Waals surface area contributed by atoms with E-state index in [1.54, 1.807) is 48.5 Å². The third-order valence-corrected chi connectivity index (χ3v) is 5.03. The predicted octanol–water partition coefficient (Wildman–Crippen LogP) is 1.83. The quantitative estimate of drug-likeness (QED) is 0.383. The van der Waals surface area contributed by atoms with Gasteiger partial charge in [-0.2, -0.15) is 9.98 Å². The smallest absolute Gasteiger partial charge is 0.223 e. The molecule has 8 N–H and O–H groups in total. The number of guanidine groups is 4. The third kappa shape index (κ3) is 6.76. The van der Waals surface area contributed by atoms with Crippen LogP contribution in [-0.2, 0) is 0 Å². The van der Waals surface area contributed by atoms with Gasteiger partial charge in [0.2, 0.25) is 11.9 Å². The zero-order valence-electron chi connectivity index (χ0n) is 17.2. The Kier molecular flexibility index (Phi) is 7.74. The van der Waals surface area contributed by atoms with E-state index in [0.29, 0.717) is 47.6 Å². The summed E-state index contributed by atoms with van der Waals surface area (Å²) in [6, 6.07) is 13.8. The van der Waals surface area contributed by atoms with Gasteiger partial charge in [0.05, 0.1) is 11.4 Å². The summed E-state index contributed by atoms with van der Waals surface area (Å²) < 4.78 is 0. The summed E-state index contributed by atoms with van der Waals surface area (Å²) in [6.45, 7) is 2.31. The van der Waals surface area contributed by atoms with Crippen LogP contribution >= 0.6 is 23.2 Å². The second kappa shape index (κ2) is 10.7. The summed E-state index contributed by atoms with van der Waals surface area (Å²) in [5.41, 5.74) is 25.2. The highest BCUT2D eigenvalue weighted by molar-refractivity contribution is 6.30. The zero-order chi connectivity index (χ0) is 23.1. The SMILES string of the molecule is NC(=Nc1ccc(Cl)cc1)/N=C(\N)N1CCN(/C(N)=N/C(N)=Nc2ccc(Cl)cc2)CC1. The maximum atomic E-state index is 6.09. The van der Waals surface area contributed by atoms with Crippen molar-refractivity contribution in [1.29, 1.82) is 0 Å². The van der Waals surface area contributed by atoms with Gasteiger partial charge in [0.1, 0.15) is 0 Å². The number of piperazine rings is 1. The van der Waals surface area contributed by atoms with E-state index < -0.39 is 0 Å². The van der Waals surface area contributed by atoms with E-state index in [1.165, 1.54) is 0 Å². The molecule has 0 amide bonds. The first-order valence-electron chi connectivity index (χ1n) is 9.68. The molecule has 10 nitrogen and oxygen atoms in total. The van der Waals surface area contributed by atoms with Gasteiger partial charge in [0, 0.05) is 36.2 Å². The van der Waals surface area contributed by atoms with Crippen LogP contribution in [0.3, 0.4) is 0 Å². The van der Waals surface area contributed by atoms with Gasteiger partial charge in [-0.05, 0) is 48.5 Å². The minimum Gasteiger partial charge on any atom is -0.369 e. The van der Waals surface area contributed by atoms with Crippen molar-refractivity contribution < 1.29 is 0 Å². The fraction of sp³-hybridized carbons (Fsp3) is 0.200. The van der Waals surface area contributed by atoms with E-state index in [1.807, 2.05) is 9.80 Å². The van der Waals surface area contributed by atoms with Gasteiger partial charge in [0.15, 0.2) is 11.9 Å². The van der Waals surface area contributed by atoms with Crippen molar-refractivity contribution >= 4 is 58.4 Å². The topological polar surface area (TPSA) is 160 Å². The molecule has 0 aliphatic carbocycles. The Morgan fingerprint density at radius 2 is 0.906 bits per heavy atom. The molecule has 3 rings (SSSR count). The second-order valence-electron chi connectivity index (χ2n) is 6.81. The summed E-state index contributed by atoms with van der Waals surface area (Å²) >= 11 is 11.7. The highest BCUT2D eigenvalue weighted by Gasteiger charge is 2.20. The average Bonchev–Trinajstić information content (AvgIpc) is 2.77. The van der Waals surface area contributed by atoms with Crippen LogP contribution in [0.2, 0.25) is 10.0 Å². The lowest BCUT2D eigenvalue weighted by molar-refractivity contribution is 0.255. The molecular weight excluding hydrogens is 451 g/mol. The third-order valence-electron chi connectivity index (χ3n) is 4.53. The fourth-order valence-electron chi connectivity index (χ4n) is 2.89. The van der Waals surface area contributed by atoms with Crippen LogP contribution in [0.1, 0.15) is 0 Å². The van der Waals surface area contributed by atoms with Crippen LogP contribution in [-0.4, -0.2) is 59.8 Å². The highest BCUT2D eigenvalue weighted by Crippen LogP contribution is 2.17. The Morgan fingerprint density at radius 1 is 0.594 bits per heavy atom. The summed E-state index contributed by atoms with van der Waals surface area (Å²) in [6.07, 6.45) is 0. The first-order valence-corrected chi connectivity index (χ1v) is 10.4. The molecule has 1 saturated heterocycles. The van der Waals surface area contributed by atoms with Crippen molar-refractivity contribution in [3.05, 3.63) is 58.6 Å². The maximum absolute atomic E-state index is 6.09.